The smallest absolute Gasteiger partial charge is 0.242 e. The Bertz CT molecular complexity index is 1070. The molecule has 182 valence electrons. The highest BCUT2D eigenvalue weighted by atomic mass is 16.2. The molecule has 4 heteroatoms. The summed E-state index contributed by atoms with van der Waals surface area (Å²) >= 11 is 0. The summed E-state index contributed by atoms with van der Waals surface area (Å²) in [6.07, 6.45) is 4.66. The highest BCUT2D eigenvalue weighted by molar-refractivity contribution is 5.88. The van der Waals surface area contributed by atoms with Crippen molar-refractivity contribution in [3.05, 3.63) is 107 Å². The minimum absolute atomic E-state index is 0.0155. The first-order chi connectivity index (χ1) is 17.0. The molecule has 3 aromatic carbocycles. The van der Waals surface area contributed by atoms with Gasteiger partial charge in [-0.1, -0.05) is 103 Å². The van der Waals surface area contributed by atoms with E-state index < -0.39 is 6.04 Å². The van der Waals surface area contributed by atoms with Gasteiger partial charge in [0.15, 0.2) is 0 Å². The lowest BCUT2D eigenvalue weighted by molar-refractivity contribution is -0.141. The van der Waals surface area contributed by atoms with Gasteiger partial charge in [-0.25, -0.2) is 0 Å². The Morgan fingerprint density at radius 1 is 0.886 bits per heavy atom. The van der Waals surface area contributed by atoms with Gasteiger partial charge < -0.3 is 10.2 Å². The number of hydrogen-bond donors (Lipinski definition) is 1. The van der Waals surface area contributed by atoms with E-state index in [2.05, 4.69) is 35.6 Å². The van der Waals surface area contributed by atoms with E-state index in [1.54, 1.807) is 4.90 Å². The third-order valence-electron chi connectivity index (χ3n) is 7.09. The van der Waals surface area contributed by atoms with Gasteiger partial charge in [0.2, 0.25) is 11.8 Å². The van der Waals surface area contributed by atoms with Crippen LogP contribution in [-0.2, 0) is 16.1 Å². The molecule has 4 nitrogen and oxygen atoms in total. The summed E-state index contributed by atoms with van der Waals surface area (Å²) in [7, 11) is 0. The van der Waals surface area contributed by atoms with Gasteiger partial charge in [0.1, 0.15) is 6.04 Å². The molecule has 1 N–H and O–H groups in total. The average molecular weight is 469 g/mol. The minimum atomic E-state index is -0.546. The third-order valence-corrected chi connectivity index (χ3v) is 7.09. The predicted molar refractivity (Wildman–Crippen MR) is 141 cm³/mol. The van der Waals surface area contributed by atoms with Crippen LogP contribution in [0.2, 0.25) is 0 Å². The van der Waals surface area contributed by atoms with Gasteiger partial charge in [-0.3, -0.25) is 9.59 Å². The molecule has 2 amide bonds. The van der Waals surface area contributed by atoms with E-state index in [9.17, 15) is 9.59 Å². The lowest BCUT2D eigenvalue weighted by atomic mass is 9.88. The number of carbonyl (C=O) groups is 2. The number of carbonyl (C=O) groups excluding carboxylic acids is 2. The molecule has 0 saturated heterocycles. The zero-order valence-corrected chi connectivity index (χ0v) is 20.8. The summed E-state index contributed by atoms with van der Waals surface area (Å²) in [5.41, 5.74) is 4.38. The molecule has 0 aromatic heterocycles. The molecule has 1 atom stereocenters. The highest BCUT2D eigenvalue weighted by Gasteiger charge is 2.30. The van der Waals surface area contributed by atoms with Gasteiger partial charge in [-0.05, 0) is 43.4 Å². The van der Waals surface area contributed by atoms with Crippen molar-refractivity contribution in [2.24, 2.45) is 0 Å². The monoisotopic (exact) mass is 468 g/mol. The molecule has 1 saturated carbocycles. The van der Waals surface area contributed by atoms with Crippen LogP contribution in [-0.4, -0.2) is 28.8 Å². The Balaban J connectivity index is 1.60. The molecule has 0 aliphatic heterocycles. The lowest BCUT2D eigenvalue weighted by Crippen LogP contribution is -2.49. The van der Waals surface area contributed by atoms with E-state index in [-0.39, 0.29) is 23.8 Å². The Labute approximate surface area is 209 Å². The molecule has 4 rings (SSSR count). The third kappa shape index (κ3) is 6.60. The van der Waals surface area contributed by atoms with E-state index in [1.165, 1.54) is 0 Å². The molecule has 0 radical (unpaired) electrons. The van der Waals surface area contributed by atoms with E-state index in [1.807, 2.05) is 68.4 Å². The summed E-state index contributed by atoms with van der Waals surface area (Å²) in [4.78, 5) is 28.9. The molecular weight excluding hydrogens is 432 g/mol. The van der Waals surface area contributed by atoms with Crippen LogP contribution in [0, 0.1) is 6.92 Å². The van der Waals surface area contributed by atoms with Gasteiger partial charge in [-0.2, -0.15) is 0 Å². The van der Waals surface area contributed by atoms with Gasteiger partial charge in [0.25, 0.3) is 0 Å². The molecule has 35 heavy (non-hydrogen) atoms. The first-order valence-corrected chi connectivity index (χ1v) is 12.8. The molecule has 1 fully saturated rings. The molecule has 0 bridgehead atoms. The van der Waals surface area contributed by atoms with Crippen LogP contribution in [0.15, 0.2) is 84.9 Å². The minimum Gasteiger partial charge on any atom is -0.352 e. The summed E-state index contributed by atoms with van der Waals surface area (Å²) in [5.74, 6) is -0.151. The summed E-state index contributed by atoms with van der Waals surface area (Å²) in [6.45, 7) is 4.32. The Hall–Kier alpha value is -3.40. The van der Waals surface area contributed by atoms with E-state index in [0.717, 1.165) is 47.9 Å². The maximum Gasteiger partial charge on any atom is 0.242 e. The fraction of sp³-hybridized carbons (Fsp3) is 0.355. The Morgan fingerprint density at radius 3 is 2.06 bits per heavy atom. The van der Waals surface area contributed by atoms with Crippen molar-refractivity contribution < 1.29 is 9.59 Å². The summed E-state index contributed by atoms with van der Waals surface area (Å²) in [5, 5.41) is 3.20. The van der Waals surface area contributed by atoms with Crippen molar-refractivity contribution in [3.63, 3.8) is 0 Å². The van der Waals surface area contributed by atoms with Gasteiger partial charge >= 0.3 is 0 Å². The number of aryl methyl sites for hydroxylation is 1. The normalized spacial score (nSPS) is 14.6. The molecule has 0 heterocycles. The van der Waals surface area contributed by atoms with Crippen LogP contribution in [0.1, 0.15) is 67.2 Å². The lowest BCUT2D eigenvalue weighted by Gasteiger charge is -2.31. The molecule has 3 aromatic rings. The van der Waals surface area contributed by atoms with Crippen molar-refractivity contribution in [1.82, 2.24) is 10.2 Å². The van der Waals surface area contributed by atoms with Crippen molar-refractivity contribution >= 4 is 11.8 Å². The van der Waals surface area contributed by atoms with Crippen LogP contribution in [0.25, 0.3) is 0 Å². The molecule has 0 unspecified atom stereocenters. The van der Waals surface area contributed by atoms with Crippen molar-refractivity contribution in [1.29, 1.82) is 0 Å². The van der Waals surface area contributed by atoms with Crippen LogP contribution >= 0.6 is 0 Å². The van der Waals surface area contributed by atoms with Crippen molar-refractivity contribution in [3.8, 4) is 0 Å². The van der Waals surface area contributed by atoms with Crippen molar-refractivity contribution in [2.75, 3.05) is 0 Å². The topological polar surface area (TPSA) is 49.4 Å². The van der Waals surface area contributed by atoms with Crippen LogP contribution in [0.5, 0.6) is 0 Å². The number of benzene rings is 3. The first kappa shape index (κ1) is 24.7. The summed E-state index contributed by atoms with van der Waals surface area (Å²) in [6, 6.07) is 28.2. The second kappa shape index (κ2) is 11.8. The Morgan fingerprint density at radius 2 is 1.49 bits per heavy atom. The Kier molecular flexibility index (Phi) is 8.36. The van der Waals surface area contributed by atoms with Gasteiger partial charge in [0, 0.05) is 24.9 Å². The van der Waals surface area contributed by atoms with Crippen LogP contribution in [0.4, 0.5) is 0 Å². The van der Waals surface area contributed by atoms with Crippen LogP contribution in [0.3, 0.4) is 0 Å². The van der Waals surface area contributed by atoms with Gasteiger partial charge in [0.05, 0.1) is 0 Å². The fourth-order valence-electron chi connectivity index (χ4n) is 5.07. The number of nitrogens with zero attached hydrogens (tertiary/aromatic N) is 1. The van der Waals surface area contributed by atoms with E-state index >= 15 is 0 Å². The quantitative estimate of drug-likeness (QED) is 0.419. The maximum atomic E-state index is 13.9. The second-order valence-electron chi connectivity index (χ2n) is 9.75. The number of amides is 2. The molecule has 0 spiro atoms. The zero-order valence-electron chi connectivity index (χ0n) is 20.8. The zero-order chi connectivity index (χ0) is 24.6. The largest absolute Gasteiger partial charge is 0.352 e. The highest BCUT2D eigenvalue weighted by Crippen LogP contribution is 2.29. The van der Waals surface area contributed by atoms with E-state index in [0.29, 0.717) is 13.0 Å². The fourth-order valence-corrected chi connectivity index (χ4v) is 5.07. The maximum absolute atomic E-state index is 13.9. The van der Waals surface area contributed by atoms with Crippen molar-refractivity contribution in [2.45, 2.75) is 70.5 Å². The summed E-state index contributed by atoms with van der Waals surface area (Å²) < 4.78 is 0. The molecule has 1 aliphatic carbocycles. The van der Waals surface area contributed by atoms with E-state index in [4.69, 9.17) is 0 Å². The number of rotatable bonds is 9. The first-order valence-electron chi connectivity index (χ1n) is 12.8. The van der Waals surface area contributed by atoms with Gasteiger partial charge in [-0.15, -0.1) is 0 Å². The molecular formula is C31H36N2O2. The molecule has 1 aliphatic rings. The second-order valence-corrected chi connectivity index (χ2v) is 9.75. The number of nitrogens with one attached hydrogen (secondary N) is 1. The SMILES string of the molecule is Cc1cccc(CN(C(=O)CC(c2ccccc2)c2ccccc2)[C@@H](C)C(=O)NC2CCCC2)c1. The van der Waals surface area contributed by atoms with Crippen LogP contribution < -0.4 is 5.32 Å². The average Bonchev–Trinajstić information content (AvgIpc) is 3.39. The standard InChI is InChI=1S/C31H36N2O2/c1-23-12-11-13-25(20-23)22-33(24(2)31(35)32-28-18-9-10-19-28)30(34)21-29(26-14-5-3-6-15-26)27-16-7-4-8-17-27/h3-8,11-17,20,24,28-29H,9-10,18-19,21-22H2,1-2H3,(H,32,35)/t24-/m0/s1. The predicted octanol–water partition coefficient (Wildman–Crippen LogP) is 5.99. The number of hydrogen-bond acceptors (Lipinski definition) is 2.